The maximum absolute atomic E-state index is 14.2. The Hall–Kier alpha value is -3.32. The second-order valence-corrected chi connectivity index (χ2v) is 5.97. The average molecular weight is 367 g/mol. The Morgan fingerprint density at radius 1 is 1.22 bits per heavy atom. The SMILES string of the molecule is NCC(C(=O)Nc1ccc2cnccc2c1)c1ccc(COC=O)c(F)c1. The fraction of sp³-hybridized carbons (Fsp3) is 0.150. The first-order valence-electron chi connectivity index (χ1n) is 8.30. The van der Waals surface area contributed by atoms with Crippen molar-refractivity contribution in [2.75, 3.05) is 11.9 Å². The molecule has 0 saturated carbocycles. The molecule has 1 aromatic heterocycles. The van der Waals surface area contributed by atoms with Gasteiger partial charge in [0.2, 0.25) is 5.91 Å². The smallest absolute Gasteiger partial charge is 0.293 e. The number of benzene rings is 2. The molecule has 1 atom stereocenters. The molecule has 0 saturated heterocycles. The maximum atomic E-state index is 14.2. The summed E-state index contributed by atoms with van der Waals surface area (Å²) < 4.78 is 18.7. The van der Waals surface area contributed by atoms with Crippen LogP contribution in [-0.2, 0) is 20.9 Å². The minimum Gasteiger partial charge on any atom is -0.463 e. The van der Waals surface area contributed by atoms with Gasteiger partial charge in [-0.25, -0.2) is 4.39 Å². The van der Waals surface area contributed by atoms with E-state index in [2.05, 4.69) is 15.0 Å². The fourth-order valence-corrected chi connectivity index (χ4v) is 2.81. The molecule has 0 radical (unpaired) electrons. The number of nitrogens with two attached hydrogens (primary N) is 1. The van der Waals surface area contributed by atoms with Gasteiger partial charge in [-0.15, -0.1) is 0 Å². The van der Waals surface area contributed by atoms with Gasteiger partial charge in [0.05, 0.1) is 5.92 Å². The number of rotatable bonds is 7. The second kappa shape index (κ2) is 8.37. The molecule has 7 heteroatoms. The molecule has 0 aliphatic rings. The molecule has 138 valence electrons. The van der Waals surface area contributed by atoms with E-state index < -0.39 is 11.7 Å². The molecule has 27 heavy (non-hydrogen) atoms. The lowest BCUT2D eigenvalue weighted by atomic mass is 9.96. The number of halogens is 1. The van der Waals surface area contributed by atoms with Gasteiger partial charge in [0.15, 0.2) is 0 Å². The standard InChI is InChI=1S/C20H18FN3O3/c21-19-8-14(1-2-16(19)11-27-12-25)18(9-22)20(26)24-17-4-3-15-10-23-6-5-13(15)7-17/h1-8,10,12,18H,9,11,22H2,(H,24,26). The van der Waals surface area contributed by atoms with Gasteiger partial charge in [0.1, 0.15) is 12.4 Å². The van der Waals surface area contributed by atoms with Crippen LogP contribution in [0.2, 0.25) is 0 Å². The summed E-state index contributed by atoms with van der Waals surface area (Å²) in [4.78, 5) is 26.9. The summed E-state index contributed by atoms with van der Waals surface area (Å²) >= 11 is 0. The predicted molar refractivity (Wildman–Crippen MR) is 99.4 cm³/mol. The number of hydrogen-bond donors (Lipinski definition) is 2. The lowest BCUT2D eigenvalue weighted by Gasteiger charge is -2.16. The van der Waals surface area contributed by atoms with E-state index in [4.69, 9.17) is 5.73 Å². The van der Waals surface area contributed by atoms with Crippen molar-refractivity contribution < 1.29 is 18.7 Å². The average Bonchev–Trinajstić information content (AvgIpc) is 2.68. The van der Waals surface area contributed by atoms with Crippen LogP contribution in [0.5, 0.6) is 0 Å². The molecule has 0 spiro atoms. The number of nitrogens with one attached hydrogen (secondary N) is 1. The van der Waals surface area contributed by atoms with E-state index in [1.54, 1.807) is 24.5 Å². The molecule has 0 aliphatic carbocycles. The highest BCUT2D eigenvalue weighted by atomic mass is 19.1. The number of fused-ring (bicyclic) bond motifs is 1. The van der Waals surface area contributed by atoms with Crippen molar-refractivity contribution in [3.05, 3.63) is 71.8 Å². The number of aromatic nitrogens is 1. The van der Waals surface area contributed by atoms with Crippen molar-refractivity contribution >= 4 is 28.8 Å². The number of amides is 1. The van der Waals surface area contributed by atoms with Crippen LogP contribution in [0.15, 0.2) is 54.9 Å². The second-order valence-electron chi connectivity index (χ2n) is 5.97. The number of hydrogen-bond acceptors (Lipinski definition) is 5. The van der Waals surface area contributed by atoms with Crippen LogP contribution >= 0.6 is 0 Å². The quantitative estimate of drug-likeness (QED) is 0.626. The van der Waals surface area contributed by atoms with Crippen molar-refractivity contribution in [1.82, 2.24) is 4.98 Å². The number of anilines is 1. The summed E-state index contributed by atoms with van der Waals surface area (Å²) in [6.45, 7) is 0.108. The van der Waals surface area contributed by atoms with Gasteiger partial charge < -0.3 is 15.8 Å². The van der Waals surface area contributed by atoms with E-state index in [0.29, 0.717) is 11.3 Å². The van der Waals surface area contributed by atoms with Crippen molar-refractivity contribution in [3.63, 3.8) is 0 Å². The Balaban J connectivity index is 1.78. The molecule has 0 fully saturated rings. The molecule has 0 bridgehead atoms. The number of pyridine rings is 1. The summed E-state index contributed by atoms with van der Waals surface area (Å²) in [5.74, 6) is -1.60. The van der Waals surface area contributed by atoms with Gasteiger partial charge in [0.25, 0.3) is 6.47 Å². The zero-order valence-electron chi connectivity index (χ0n) is 14.4. The molecule has 0 aliphatic heterocycles. The van der Waals surface area contributed by atoms with Crippen LogP contribution in [0.3, 0.4) is 0 Å². The number of carbonyl (C=O) groups is 2. The van der Waals surface area contributed by atoms with Gasteiger partial charge >= 0.3 is 0 Å². The molecule has 3 aromatic rings. The zero-order valence-corrected chi connectivity index (χ0v) is 14.4. The van der Waals surface area contributed by atoms with Crippen LogP contribution in [0.1, 0.15) is 17.0 Å². The van der Waals surface area contributed by atoms with Crippen LogP contribution in [0.25, 0.3) is 10.8 Å². The lowest BCUT2D eigenvalue weighted by molar-refractivity contribution is -0.129. The monoisotopic (exact) mass is 367 g/mol. The molecule has 1 heterocycles. The summed E-state index contributed by atoms with van der Waals surface area (Å²) in [6.07, 6.45) is 3.41. The van der Waals surface area contributed by atoms with Crippen LogP contribution < -0.4 is 11.1 Å². The first-order valence-corrected chi connectivity index (χ1v) is 8.30. The normalized spacial score (nSPS) is 11.8. The summed E-state index contributed by atoms with van der Waals surface area (Å²) in [6, 6.07) is 11.6. The third-order valence-electron chi connectivity index (χ3n) is 4.25. The fourth-order valence-electron chi connectivity index (χ4n) is 2.81. The molecule has 3 N–H and O–H groups in total. The largest absolute Gasteiger partial charge is 0.463 e. The highest BCUT2D eigenvalue weighted by Crippen LogP contribution is 2.23. The highest BCUT2D eigenvalue weighted by molar-refractivity contribution is 5.98. The molecular weight excluding hydrogens is 349 g/mol. The molecular formula is C20H18FN3O3. The molecule has 1 amide bonds. The van der Waals surface area contributed by atoms with Crippen molar-refractivity contribution in [2.45, 2.75) is 12.5 Å². The summed E-state index contributed by atoms with van der Waals surface area (Å²) in [5.41, 5.74) is 7.05. The van der Waals surface area contributed by atoms with E-state index in [1.807, 2.05) is 18.2 Å². The van der Waals surface area contributed by atoms with E-state index in [-0.39, 0.29) is 31.1 Å². The Bertz CT molecular complexity index is 978. The highest BCUT2D eigenvalue weighted by Gasteiger charge is 2.20. The third-order valence-corrected chi connectivity index (χ3v) is 4.25. The molecule has 2 aromatic carbocycles. The van der Waals surface area contributed by atoms with Gasteiger partial charge in [-0.05, 0) is 35.2 Å². The molecule has 6 nitrogen and oxygen atoms in total. The van der Waals surface area contributed by atoms with Crippen LogP contribution in [-0.4, -0.2) is 23.9 Å². The number of nitrogens with zero attached hydrogens (tertiary/aromatic N) is 1. The first-order chi connectivity index (χ1) is 13.1. The topological polar surface area (TPSA) is 94.3 Å². The number of carbonyl (C=O) groups excluding carboxylic acids is 2. The Labute approximate surface area is 155 Å². The Kier molecular flexibility index (Phi) is 5.73. The van der Waals surface area contributed by atoms with Crippen LogP contribution in [0.4, 0.5) is 10.1 Å². The van der Waals surface area contributed by atoms with E-state index in [1.165, 1.54) is 12.1 Å². The van der Waals surface area contributed by atoms with E-state index in [9.17, 15) is 14.0 Å². The van der Waals surface area contributed by atoms with Crippen LogP contribution in [0, 0.1) is 5.82 Å². The summed E-state index contributed by atoms with van der Waals surface area (Å²) in [5, 5.41) is 4.72. The minimum absolute atomic E-state index is 0.0208. The van der Waals surface area contributed by atoms with Gasteiger partial charge in [-0.3, -0.25) is 14.6 Å². The third kappa shape index (κ3) is 4.27. The lowest BCUT2D eigenvalue weighted by Crippen LogP contribution is -2.27. The predicted octanol–water partition coefficient (Wildman–Crippen LogP) is 2.73. The van der Waals surface area contributed by atoms with Crippen molar-refractivity contribution in [3.8, 4) is 0 Å². The summed E-state index contributed by atoms with van der Waals surface area (Å²) in [7, 11) is 0. The first kappa shape index (κ1) is 18.5. The van der Waals surface area contributed by atoms with Gasteiger partial charge in [0, 0.05) is 35.6 Å². The Morgan fingerprint density at radius 3 is 2.81 bits per heavy atom. The minimum atomic E-state index is -0.714. The zero-order chi connectivity index (χ0) is 19.2. The van der Waals surface area contributed by atoms with Gasteiger partial charge in [-0.2, -0.15) is 0 Å². The Morgan fingerprint density at radius 2 is 2.07 bits per heavy atom. The van der Waals surface area contributed by atoms with Crippen molar-refractivity contribution in [2.24, 2.45) is 5.73 Å². The maximum Gasteiger partial charge on any atom is 0.293 e. The van der Waals surface area contributed by atoms with Crippen molar-refractivity contribution in [1.29, 1.82) is 0 Å². The van der Waals surface area contributed by atoms with E-state index >= 15 is 0 Å². The molecule has 1 unspecified atom stereocenters. The molecule has 3 rings (SSSR count). The van der Waals surface area contributed by atoms with E-state index in [0.717, 1.165) is 10.8 Å². The number of ether oxygens (including phenoxy) is 1. The van der Waals surface area contributed by atoms with Gasteiger partial charge in [-0.1, -0.05) is 18.2 Å².